The molecule has 0 bridgehead atoms. The lowest BCUT2D eigenvalue weighted by Gasteiger charge is -2.14. The standard InChI is InChI=1S/C10H15N3O/c1-7-3-4-8(6-13-7)9(12-2)5-10(11)14/h3-4,6,9,12H,5H2,1-2H3,(H2,11,14). The van der Waals surface area contributed by atoms with Crippen molar-refractivity contribution >= 4 is 5.91 Å². The Kier molecular flexibility index (Phi) is 3.59. The van der Waals surface area contributed by atoms with Crippen molar-refractivity contribution in [1.82, 2.24) is 10.3 Å². The van der Waals surface area contributed by atoms with Crippen molar-refractivity contribution in [3.05, 3.63) is 29.6 Å². The second kappa shape index (κ2) is 4.72. The fourth-order valence-electron chi connectivity index (χ4n) is 1.27. The summed E-state index contributed by atoms with van der Waals surface area (Å²) in [6, 6.07) is 3.83. The maximum Gasteiger partial charge on any atom is 0.219 e. The topological polar surface area (TPSA) is 68.0 Å². The molecule has 4 heteroatoms. The number of nitrogens with one attached hydrogen (secondary N) is 1. The van der Waals surface area contributed by atoms with Crippen molar-refractivity contribution in [1.29, 1.82) is 0 Å². The first-order chi connectivity index (χ1) is 6.63. The van der Waals surface area contributed by atoms with Gasteiger partial charge in [-0.25, -0.2) is 0 Å². The van der Waals surface area contributed by atoms with Crippen LogP contribution in [0.1, 0.15) is 23.7 Å². The summed E-state index contributed by atoms with van der Waals surface area (Å²) in [6.07, 6.45) is 2.06. The monoisotopic (exact) mass is 193 g/mol. The van der Waals surface area contributed by atoms with E-state index in [0.29, 0.717) is 6.42 Å². The lowest BCUT2D eigenvalue weighted by atomic mass is 10.1. The summed E-state index contributed by atoms with van der Waals surface area (Å²) in [7, 11) is 1.80. The molecule has 1 atom stereocenters. The highest BCUT2D eigenvalue weighted by molar-refractivity contribution is 5.74. The van der Waals surface area contributed by atoms with Gasteiger partial charge in [-0.1, -0.05) is 6.07 Å². The number of nitrogens with two attached hydrogens (primary N) is 1. The van der Waals surface area contributed by atoms with Gasteiger partial charge in [0.05, 0.1) is 0 Å². The summed E-state index contributed by atoms with van der Waals surface area (Å²) < 4.78 is 0. The predicted octanol–water partition coefficient (Wildman–Crippen LogP) is 0.526. The number of carbonyl (C=O) groups excluding carboxylic acids is 1. The molecule has 4 nitrogen and oxygen atoms in total. The first-order valence-corrected chi connectivity index (χ1v) is 4.51. The summed E-state index contributed by atoms with van der Waals surface area (Å²) in [5.41, 5.74) is 7.08. The zero-order valence-electron chi connectivity index (χ0n) is 8.45. The van der Waals surface area contributed by atoms with Gasteiger partial charge in [0.15, 0.2) is 0 Å². The molecule has 1 aromatic heterocycles. The summed E-state index contributed by atoms with van der Waals surface area (Å²) in [6.45, 7) is 1.92. The van der Waals surface area contributed by atoms with Crippen molar-refractivity contribution in [2.75, 3.05) is 7.05 Å². The van der Waals surface area contributed by atoms with Gasteiger partial charge in [-0.2, -0.15) is 0 Å². The molecule has 0 fully saturated rings. The maximum absolute atomic E-state index is 10.8. The molecule has 0 aliphatic heterocycles. The third-order valence-corrected chi connectivity index (χ3v) is 2.09. The second-order valence-electron chi connectivity index (χ2n) is 3.24. The minimum absolute atomic E-state index is 0.0411. The minimum atomic E-state index is -0.315. The number of aromatic nitrogens is 1. The van der Waals surface area contributed by atoms with Gasteiger partial charge < -0.3 is 11.1 Å². The second-order valence-corrected chi connectivity index (χ2v) is 3.24. The van der Waals surface area contributed by atoms with E-state index in [9.17, 15) is 4.79 Å². The van der Waals surface area contributed by atoms with E-state index in [0.717, 1.165) is 11.3 Å². The van der Waals surface area contributed by atoms with Crippen molar-refractivity contribution in [3.63, 3.8) is 0 Å². The van der Waals surface area contributed by atoms with Crippen LogP contribution in [0.3, 0.4) is 0 Å². The van der Waals surface area contributed by atoms with E-state index in [-0.39, 0.29) is 11.9 Å². The van der Waals surface area contributed by atoms with Crippen LogP contribution in [0.15, 0.2) is 18.3 Å². The average Bonchev–Trinajstić information content (AvgIpc) is 2.15. The number of hydrogen-bond donors (Lipinski definition) is 2. The molecule has 1 amide bonds. The Hall–Kier alpha value is -1.42. The van der Waals surface area contributed by atoms with Crippen LogP contribution in [0.4, 0.5) is 0 Å². The summed E-state index contributed by atoms with van der Waals surface area (Å²) in [4.78, 5) is 14.9. The first-order valence-electron chi connectivity index (χ1n) is 4.51. The fourth-order valence-corrected chi connectivity index (χ4v) is 1.27. The van der Waals surface area contributed by atoms with Crippen LogP contribution in [0.2, 0.25) is 0 Å². The normalized spacial score (nSPS) is 12.4. The van der Waals surface area contributed by atoms with E-state index in [4.69, 9.17) is 5.73 Å². The third kappa shape index (κ3) is 2.81. The Morgan fingerprint density at radius 3 is 2.79 bits per heavy atom. The molecule has 0 aliphatic carbocycles. The van der Waals surface area contributed by atoms with Gasteiger partial charge >= 0.3 is 0 Å². The summed E-state index contributed by atoms with van der Waals surface area (Å²) >= 11 is 0. The largest absolute Gasteiger partial charge is 0.370 e. The zero-order valence-corrected chi connectivity index (χ0v) is 8.45. The van der Waals surface area contributed by atoms with Crippen molar-refractivity contribution < 1.29 is 4.79 Å². The molecule has 1 aromatic rings. The van der Waals surface area contributed by atoms with Crippen molar-refractivity contribution in [2.24, 2.45) is 5.73 Å². The van der Waals surface area contributed by atoms with Gasteiger partial charge in [-0.3, -0.25) is 9.78 Å². The molecule has 1 rings (SSSR count). The summed E-state index contributed by atoms with van der Waals surface area (Å²) in [5, 5.41) is 3.03. The maximum atomic E-state index is 10.8. The molecule has 0 aliphatic rings. The Morgan fingerprint density at radius 1 is 1.64 bits per heavy atom. The fraction of sp³-hybridized carbons (Fsp3) is 0.400. The molecular weight excluding hydrogens is 178 g/mol. The summed E-state index contributed by atoms with van der Waals surface area (Å²) in [5.74, 6) is -0.315. The Bertz CT molecular complexity index is 308. The highest BCUT2D eigenvalue weighted by Crippen LogP contribution is 2.14. The smallest absolute Gasteiger partial charge is 0.219 e. The van der Waals surface area contributed by atoms with Crippen LogP contribution in [-0.2, 0) is 4.79 Å². The van der Waals surface area contributed by atoms with Crippen LogP contribution < -0.4 is 11.1 Å². The third-order valence-electron chi connectivity index (χ3n) is 2.09. The van der Waals surface area contributed by atoms with Gasteiger partial charge in [-0.05, 0) is 25.6 Å². The number of amides is 1. The molecule has 0 saturated carbocycles. The Balaban J connectivity index is 2.78. The molecule has 3 N–H and O–H groups in total. The van der Waals surface area contributed by atoms with E-state index >= 15 is 0 Å². The number of aryl methyl sites for hydroxylation is 1. The van der Waals surface area contributed by atoms with Gasteiger partial charge in [-0.15, -0.1) is 0 Å². The lowest BCUT2D eigenvalue weighted by Crippen LogP contribution is -2.23. The number of primary amides is 1. The van der Waals surface area contributed by atoms with E-state index < -0.39 is 0 Å². The quantitative estimate of drug-likeness (QED) is 0.732. The van der Waals surface area contributed by atoms with Crippen molar-refractivity contribution in [2.45, 2.75) is 19.4 Å². The first kappa shape index (κ1) is 10.7. The van der Waals surface area contributed by atoms with E-state index in [1.807, 2.05) is 19.1 Å². The van der Waals surface area contributed by atoms with E-state index in [2.05, 4.69) is 10.3 Å². The molecule has 0 aromatic carbocycles. The Morgan fingerprint density at radius 2 is 2.36 bits per heavy atom. The van der Waals surface area contributed by atoms with Gasteiger partial charge in [0, 0.05) is 24.4 Å². The molecule has 0 saturated heterocycles. The number of carbonyl (C=O) groups is 1. The zero-order chi connectivity index (χ0) is 10.6. The Labute approximate surface area is 83.5 Å². The molecule has 14 heavy (non-hydrogen) atoms. The molecule has 1 heterocycles. The van der Waals surface area contributed by atoms with Crippen LogP contribution in [0, 0.1) is 6.92 Å². The van der Waals surface area contributed by atoms with Crippen LogP contribution in [0.25, 0.3) is 0 Å². The van der Waals surface area contributed by atoms with E-state index in [1.54, 1.807) is 13.2 Å². The SMILES string of the molecule is CNC(CC(N)=O)c1ccc(C)nc1. The molecular formula is C10H15N3O. The molecule has 0 spiro atoms. The van der Waals surface area contributed by atoms with Gasteiger partial charge in [0.2, 0.25) is 5.91 Å². The van der Waals surface area contributed by atoms with Gasteiger partial charge in [0.25, 0.3) is 0 Å². The van der Waals surface area contributed by atoms with E-state index in [1.165, 1.54) is 0 Å². The minimum Gasteiger partial charge on any atom is -0.370 e. The molecule has 0 radical (unpaired) electrons. The predicted molar refractivity (Wildman–Crippen MR) is 54.6 cm³/mol. The number of pyridine rings is 1. The van der Waals surface area contributed by atoms with Crippen LogP contribution in [-0.4, -0.2) is 17.9 Å². The average molecular weight is 193 g/mol. The van der Waals surface area contributed by atoms with Crippen LogP contribution in [0.5, 0.6) is 0 Å². The highest BCUT2D eigenvalue weighted by atomic mass is 16.1. The number of nitrogens with zero attached hydrogens (tertiary/aromatic N) is 1. The highest BCUT2D eigenvalue weighted by Gasteiger charge is 2.11. The molecule has 76 valence electrons. The van der Waals surface area contributed by atoms with Crippen LogP contribution >= 0.6 is 0 Å². The molecule has 1 unspecified atom stereocenters. The van der Waals surface area contributed by atoms with Crippen molar-refractivity contribution in [3.8, 4) is 0 Å². The van der Waals surface area contributed by atoms with Gasteiger partial charge in [0.1, 0.15) is 0 Å². The number of hydrogen-bond acceptors (Lipinski definition) is 3. The lowest BCUT2D eigenvalue weighted by molar-refractivity contribution is -0.118. The number of rotatable bonds is 4.